The summed E-state index contributed by atoms with van der Waals surface area (Å²) in [6.45, 7) is 10.3. The van der Waals surface area contributed by atoms with Gasteiger partial charge in [-0.2, -0.15) is 15.2 Å². The number of aromatic nitrogens is 6. The highest BCUT2D eigenvalue weighted by Crippen LogP contribution is 2.21. The summed E-state index contributed by atoms with van der Waals surface area (Å²) in [6, 6.07) is 4.41. The van der Waals surface area contributed by atoms with Crippen LogP contribution in [-0.4, -0.2) is 47.5 Å². The van der Waals surface area contributed by atoms with Gasteiger partial charge in [-0.1, -0.05) is 0 Å². The number of hydrogen-bond acceptors (Lipinski definition) is 7. The van der Waals surface area contributed by atoms with Gasteiger partial charge in [-0.05, 0) is 32.4 Å². The summed E-state index contributed by atoms with van der Waals surface area (Å²) in [5.41, 5.74) is 11.6. The average Bonchev–Trinajstić information content (AvgIpc) is 3.18. The number of aryl methyl sites for hydroxylation is 3. The van der Waals surface area contributed by atoms with Gasteiger partial charge in [0.25, 0.3) is 0 Å². The van der Waals surface area contributed by atoms with E-state index in [4.69, 9.17) is 10.8 Å². The number of nitrogens with zero attached hydrogens (tertiary/aromatic N) is 8. The number of nitrogens with two attached hydrogens (primary N) is 1. The molecule has 0 amide bonds. The third-order valence-electron chi connectivity index (χ3n) is 5.73. The Labute approximate surface area is 170 Å². The molecule has 2 aliphatic heterocycles. The summed E-state index contributed by atoms with van der Waals surface area (Å²) < 4.78 is 4.27. The number of rotatable bonds is 3. The second kappa shape index (κ2) is 7.14. The molecule has 2 N–H and O–H groups in total. The predicted octanol–water partition coefficient (Wildman–Crippen LogP) is 1.49. The molecule has 152 valence electrons. The van der Waals surface area contributed by atoms with Crippen LogP contribution in [0.25, 0.3) is 0 Å². The van der Waals surface area contributed by atoms with Gasteiger partial charge in [0.15, 0.2) is 0 Å². The minimum atomic E-state index is 0.549. The van der Waals surface area contributed by atoms with Gasteiger partial charge >= 0.3 is 0 Å². The van der Waals surface area contributed by atoms with Crippen molar-refractivity contribution < 1.29 is 0 Å². The van der Waals surface area contributed by atoms with Crippen molar-refractivity contribution in [2.45, 2.75) is 53.0 Å². The molecule has 0 aliphatic carbocycles. The molecule has 5 heterocycles. The Morgan fingerprint density at radius 2 is 1.79 bits per heavy atom. The first-order valence-electron chi connectivity index (χ1n) is 10.2. The van der Waals surface area contributed by atoms with E-state index in [1.54, 1.807) is 6.20 Å². The van der Waals surface area contributed by atoms with Crippen molar-refractivity contribution in [3.8, 4) is 0 Å². The Morgan fingerprint density at radius 1 is 0.966 bits per heavy atom. The number of nitrogen functional groups attached to an aromatic ring is 1. The Morgan fingerprint density at radius 3 is 2.66 bits per heavy atom. The van der Waals surface area contributed by atoms with Gasteiger partial charge in [-0.3, -0.25) is 14.3 Å². The number of hydrogen-bond donors (Lipinski definition) is 1. The van der Waals surface area contributed by atoms with E-state index < -0.39 is 0 Å². The minimum absolute atomic E-state index is 0.549. The summed E-state index contributed by atoms with van der Waals surface area (Å²) in [5.74, 6) is 1.25. The van der Waals surface area contributed by atoms with Crippen LogP contribution in [-0.2, 0) is 32.7 Å². The predicted molar refractivity (Wildman–Crippen MR) is 110 cm³/mol. The van der Waals surface area contributed by atoms with Crippen molar-refractivity contribution >= 4 is 11.8 Å². The Balaban J connectivity index is 1.31. The van der Waals surface area contributed by atoms with Crippen LogP contribution >= 0.6 is 0 Å². The van der Waals surface area contributed by atoms with Crippen molar-refractivity contribution in [1.29, 1.82) is 0 Å². The molecule has 0 atom stereocenters. The molecule has 0 spiro atoms. The fourth-order valence-electron chi connectivity index (χ4n) is 4.20. The minimum Gasteiger partial charge on any atom is -0.383 e. The second-order valence-electron chi connectivity index (χ2n) is 8.07. The Kier molecular flexibility index (Phi) is 4.46. The lowest BCUT2D eigenvalue weighted by Crippen LogP contribution is -2.33. The van der Waals surface area contributed by atoms with Gasteiger partial charge in [0.1, 0.15) is 5.82 Å². The van der Waals surface area contributed by atoms with Crippen LogP contribution in [0, 0.1) is 13.8 Å². The molecule has 9 heteroatoms. The smallest absolute Gasteiger partial charge is 0.227 e. The Hall–Kier alpha value is -2.94. The fraction of sp³-hybridized carbons (Fsp3) is 0.500. The van der Waals surface area contributed by atoms with Gasteiger partial charge in [0.2, 0.25) is 5.95 Å². The van der Waals surface area contributed by atoms with E-state index in [1.165, 1.54) is 11.4 Å². The molecule has 29 heavy (non-hydrogen) atoms. The fourth-order valence-corrected chi connectivity index (χ4v) is 4.20. The van der Waals surface area contributed by atoms with Crippen LogP contribution in [0.5, 0.6) is 0 Å². The maximum atomic E-state index is 6.00. The molecule has 5 rings (SSSR count). The lowest BCUT2D eigenvalue weighted by Gasteiger charge is -2.26. The van der Waals surface area contributed by atoms with E-state index >= 15 is 0 Å². The zero-order valence-electron chi connectivity index (χ0n) is 17.0. The monoisotopic (exact) mass is 393 g/mol. The normalized spacial score (nSPS) is 17.1. The van der Waals surface area contributed by atoms with Gasteiger partial charge in [0.05, 0.1) is 35.9 Å². The van der Waals surface area contributed by atoms with E-state index in [2.05, 4.69) is 53.3 Å². The van der Waals surface area contributed by atoms with E-state index in [0.29, 0.717) is 11.8 Å². The first kappa shape index (κ1) is 18.1. The van der Waals surface area contributed by atoms with Crippen molar-refractivity contribution in [1.82, 2.24) is 34.4 Å². The van der Waals surface area contributed by atoms with Gasteiger partial charge in [-0.15, -0.1) is 0 Å². The molecular weight excluding hydrogens is 366 g/mol. The molecule has 0 saturated carbocycles. The molecule has 3 aromatic heterocycles. The van der Waals surface area contributed by atoms with Crippen molar-refractivity contribution in [2.75, 3.05) is 23.7 Å². The standard InChI is InChI=1S/C20H27N9/c1-14-10-22-20(23-19(14)21)27-4-3-5-28-18(13-27)9-16(25-28)11-26-6-7-29-17(12-26)8-15(2)24-29/h8-10H,3-7,11-13H2,1-2H3,(H2,21,22,23). The lowest BCUT2D eigenvalue weighted by atomic mass is 10.2. The zero-order chi connectivity index (χ0) is 20.0. The van der Waals surface area contributed by atoms with E-state index in [0.717, 1.165) is 69.2 Å². The SMILES string of the molecule is Cc1cc2n(n1)CCN(Cc1cc3n(n1)CCCN(c1ncc(C)c(N)n1)C3)C2. The second-order valence-corrected chi connectivity index (χ2v) is 8.07. The molecule has 0 fully saturated rings. The van der Waals surface area contributed by atoms with Gasteiger partial charge in [0, 0.05) is 44.5 Å². The third-order valence-corrected chi connectivity index (χ3v) is 5.73. The molecule has 3 aromatic rings. The average molecular weight is 393 g/mol. The lowest BCUT2D eigenvalue weighted by molar-refractivity contribution is 0.202. The highest BCUT2D eigenvalue weighted by atomic mass is 15.4. The van der Waals surface area contributed by atoms with Crippen LogP contribution in [0.15, 0.2) is 18.3 Å². The van der Waals surface area contributed by atoms with Crippen LogP contribution in [0.1, 0.15) is 34.8 Å². The van der Waals surface area contributed by atoms with Crippen LogP contribution in [0.2, 0.25) is 0 Å². The summed E-state index contributed by atoms with van der Waals surface area (Å²) >= 11 is 0. The molecule has 0 aromatic carbocycles. The zero-order valence-corrected chi connectivity index (χ0v) is 17.0. The highest BCUT2D eigenvalue weighted by molar-refractivity contribution is 5.43. The first-order valence-corrected chi connectivity index (χ1v) is 10.2. The van der Waals surface area contributed by atoms with Crippen molar-refractivity contribution in [2.24, 2.45) is 0 Å². The van der Waals surface area contributed by atoms with Crippen LogP contribution in [0.4, 0.5) is 11.8 Å². The van der Waals surface area contributed by atoms with Gasteiger partial charge < -0.3 is 10.6 Å². The summed E-state index contributed by atoms with van der Waals surface area (Å²) in [6.07, 6.45) is 2.81. The topological polar surface area (TPSA) is 93.9 Å². The summed E-state index contributed by atoms with van der Waals surface area (Å²) in [7, 11) is 0. The largest absolute Gasteiger partial charge is 0.383 e. The molecular formula is C20H27N9. The number of anilines is 2. The van der Waals surface area contributed by atoms with Gasteiger partial charge in [-0.25, -0.2) is 4.98 Å². The van der Waals surface area contributed by atoms with Crippen molar-refractivity contribution in [3.05, 3.63) is 46.7 Å². The maximum absolute atomic E-state index is 6.00. The summed E-state index contributed by atoms with van der Waals surface area (Å²) in [4.78, 5) is 13.6. The number of fused-ring (bicyclic) bond motifs is 2. The molecule has 0 saturated heterocycles. The molecule has 2 aliphatic rings. The molecule has 0 bridgehead atoms. The van der Waals surface area contributed by atoms with E-state index in [1.807, 2.05) is 6.92 Å². The third kappa shape index (κ3) is 3.57. The maximum Gasteiger partial charge on any atom is 0.227 e. The van der Waals surface area contributed by atoms with E-state index in [9.17, 15) is 0 Å². The van der Waals surface area contributed by atoms with Crippen LogP contribution in [0.3, 0.4) is 0 Å². The quantitative estimate of drug-likeness (QED) is 0.720. The highest BCUT2D eigenvalue weighted by Gasteiger charge is 2.22. The van der Waals surface area contributed by atoms with Crippen molar-refractivity contribution in [3.63, 3.8) is 0 Å². The van der Waals surface area contributed by atoms with E-state index in [-0.39, 0.29) is 0 Å². The summed E-state index contributed by atoms with van der Waals surface area (Å²) in [5, 5.41) is 9.44. The molecule has 0 unspecified atom stereocenters. The Bertz CT molecular complexity index is 1030. The van der Waals surface area contributed by atoms with Crippen LogP contribution < -0.4 is 10.6 Å². The first-order chi connectivity index (χ1) is 14.0. The molecule has 0 radical (unpaired) electrons. The molecule has 9 nitrogen and oxygen atoms in total.